The zero-order valence-corrected chi connectivity index (χ0v) is 15.8. The number of likely N-dealkylation sites (N-methyl/N-ethyl adjacent to an activating group) is 1. The molecule has 0 bridgehead atoms. The number of fused-ring (bicyclic) bond motifs is 1. The number of para-hydroxylation sites is 1. The van der Waals surface area contributed by atoms with Gasteiger partial charge in [-0.25, -0.2) is 4.79 Å². The predicted octanol–water partition coefficient (Wildman–Crippen LogP) is 2.62. The molecule has 0 saturated carbocycles. The third-order valence-corrected chi connectivity index (χ3v) is 5.27. The molecule has 1 unspecified atom stereocenters. The molecule has 2 aromatic rings. The van der Waals surface area contributed by atoms with Crippen molar-refractivity contribution in [1.82, 2.24) is 14.8 Å². The van der Waals surface area contributed by atoms with Crippen LogP contribution in [0.15, 0.2) is 30.5 Å². The van der Waals surface area contributed by atoms with Gasteiger partial charge in [0.25, 0.3) is 0 Å². The zero-order chi connectivity index (χ0) is 18.7. The van der Waals surface area contributed by atoms with Gasteiger partial charge in [-0.05, 0) is 19.0 Å². The molecule has 1 aliphatic rings. The first kappa shape index (κ1) is 18.6. The van der Waals surface area contributed by atoms with E-state index >= 15 is 0 Å². The average molecular weight is 356 g/mol. The molecule has 0 amide bonds. The Morgan fingerprint density at radius 1 is 1.23 bits per heavy atom. The number of rotatable bonds is 6. The van der Waals surface area contributed by atoms with E-state index < -0.39 is 5.97 Å². The van der Waals surface area contributed by atoms with Crippen molar-refractivity contribution in [1.29, 1.82) is 0 Å². The minimum absolute atomic E-state index is 0.226. The Kier molecular flexibility index (Phi) is 5.74. The summed E-state index contributed by atoms with van der Waals surface area (Å²) in [5.74, 6) is -0.473. The number of nitrogens with one attached hydrogen (secondary N) is 1. The van der Waals surface area contributed by atoms with Gasteiger partial charge in [-0.1, -0.05) is 32.0 Å². The molecule has 1 fully saturated rings. The van der Waals surface area contributed by atoms with Crippen molar-refractivity contribution < 1.29 is 9.90 Å². The standard InChI is InChI=1S/C20H28N4O2/c1-14(2)18(24-10-8-23(3)9-11-24)13-22-19-15-6-4-5-7-17(15)21-12-16(19)20(25)26/h4-7,12,14,18H,8-11,13H2,1-3H3,(H,21,22)(H,25,26). The summed E-state index contributed by atoms with van der Waals surface area (Å²) < 4.78 is 0. The van der Waals surface area contributed by atoms with Crippen LogP contribution < -0.4 is 5.32 Å². The first-order valence-corrected chi connectivity index (χ1v) is 9.25. The van der Waals surface area contributed by atoms with Gasteiger partial charge in [0.1, 0.15) is 5.56 Å². The number of aromatic carboxylic acids is 1. The number of carbonyl (C=O) groups is 1. The van der Waals surface area contributed by atoms with Gasteiger partial charge >= 0.3 is 5.97 Å². The van der Waals surface area contributed by atoms with Gasteiger partial charge in [0.05, 0.1) is 11.2 Å². The number of hydrogen-bond donors (Lipinski definition) is 2. The van der Waals surface area contributed by atoms with E-state index in [9.17, 15) is 9.90 Å². The summed E-state index contributed by atoms with van der Waals surface area (Å²) in [7, 11) is 2.15. The Labute approximate surface area is 154 Å². The normalized spacial score (nSPS) is 17.5. The molecule has 26 heavy (non-hydrogen) atoms. The Hall–Kier alpha value is -2.18. The summed E-state index contributed by atoms with van der Waals surface area (Å²) in [6.07, 6.45) is 1.45. The van der Waals surface area contributed by atoms with Gasteiger partial charge in [0.2, 0.25) is 0 Å². The van der Waals surface area contributed by atoms with Crippen molar-refractivity contribution in [2.24, 2.45) is 5.92 Å². The topological polar surface area (TPSA) is 68.7 Å². The molecule has 140 valence electrons. The van der Waals surface area contributed by atoms with Crippen LogP contribution >= 0.6 is 0 Å². The van der Waals surface area contributed by atoms with Crippen LogP contribution in [0.3, 0.4) is 0 Å². The highest BCUT2D eigenvalue weighted by Gasteiger charge is 2.25. The van der Waals surface area contributed by atoms with E-state index in [1.165, 1.54) is 6.20 Å². The summed E-state index contributed by atoms with van der Waals surface area (Å²) in [5.41, 5.74) is 1.70. The largest absolute Gasteiger partial charge is 0.478 e. The number of nitrogens with zero attached hydrogens (tertiary/aromatic N) is 3. The Morgan fingerprint density at radius 3 is 2.58 bits per heavy atom. The smallest absolute Gasteiger partial charge is 0.339 e. The van der Waals surface area contributed by atoms with E-state index in [1.54, 1.807) is 0 Å². The van der Waals surface area contributed by atoms with E-state index in [1.807, 2.05) is 24.3 Å². The van der Waals surface area contributed by atoms with E-state index in [-0.39, 0.29) is 5.56 Å². The van der Waals surface area contributed by atoms with Crippen molar-refractivity contribution in [2.45, 2.75) is 19.9 Å². The number of benzene rings is 1. The molecule has 3 rings (SSSR count). The SMILES string of the molecule is CC(C)C(CNc1c(C(=O)O)cnc2ccccc12)N1CCN(C)CC1. The van der Waals surface area contributed by atoms with Gasteiger partial charge in [-0.3, -0.25) is 9.88 Å². The molecule has 2 N–H and O–H groups in total. The van der Waals surface area contributed by atoms with E-state index in [0.717, 1.165) is 43.6 Å². The van der Waals surface area contributed by atoms with Gasteiger partial charge in [-0.2, -0.15) is 0 Å². The molecular formula is C20H28N4O2. The van der Waals surface area contributed by atoms with Crippen LogP contribution in [0.5, 0.6) is 0 Å². The minimum atomic E-state index is -0.952. The summed E-state index contributed by atoms with van der Waals surface area (Å²) in [6, 6.07) is 8.03. The van der Waals surface area contributed by atoms with Gasteiger partial charge in [0.15, 0.2) is 0 Å². The van der Waals surface area contributed by atoms with Gasteiger partial charge in [0, 0.05) is 50.3 Å². The average Bonchev–Trinajstić information content (AvgIpc) is 2.62. The van der Waals surface area contributed by atoms with Crippen molar-refractivity contribution in [2.75, 3.05) is 45.1 Å². The number of aromatic nitrogens is 1. The second-order valence-electron chi connectivity index (χ2n) is 7.40. The molecular weight excluding hydrogens is 328 g/mol. The fourth-order valence-electron chi connectivity index (χ4n) is 3.64. The second kappa shape index (κ2) is 8.01. The monoisotopic (exact) mass is 356 g/mol. The lowest BCUT2D eigenvalue weighted by atomic mass is 10.0. The van der Waals surface area contributed by atoms with Crippen LogP contribution in [0.1, 0.15) is 24.2 Å². The molecule has 1 aromatic carbocycles. The summed E-state index contributed by atoms with van der Waals surface area (Å²) in [6.45, 7) is 9.41. The fourth-order valence-corrected chi connectivity index (χ4v) is 3.64. The number of hydrogen-bond acceptors (Lipinski definition) is 5. The molecule has 0 aliphatic carbocycles. The number of piperazine rings is 1. The van der Waals surface area contributed by atoms with Crippen LogP contribution in [0.4, 0.5) is 5.69 Å². The molecule has 2 heterocycles. The van der Waals surface area contributed by atoms with E-state index in [2.05, 4.69) is 41.0 Å². The lowest BCUT2D eigenvalue weighted by molar-refractivity contribution is 0.0697. The van der Waals surface area contributed by atoms with Crippen molar-refractivity contribution in [3.63, 3.8) is 0 Å². The van der Waals surface area contributed by atoms with Crippen LogP contribution in [-0.4, -0.2) is 71.7 Å². The third-order valence-electron chi connectivity index (χ3n) is 5.27. The lowest BCUT2D eigenvalue weighted by Crippen LogP contribution is -2.52. The minimum Gasteiger partial charge on any atom is -0.478 e. The maximum absolute atomic E-state index is 11.7. The maximum Gasteiger partial charge on any atom is 0.339 e. The predicted molar refractivity (Wildman–Crippen MR) is 105 cm³/mol. The second-order valence-corrected chi connectivity index (χ2v) is 7.40. The van der Waals surface area contributed by atoms with Crippen molar-refractivity contribution in [3.8, 4) is 0 Å². The summed E-state index contributed by atoms with van der Waals surface area (Å²) >= 11 is 0. The van der Waals surface area contributed by atoms with E-state index in [4.69, 9.17) is 0 Å². The highest BCUT2D eigenvalue weighted by atomic mass is 16.4. The Morgan fingerprint density at radius 2 is 1.92 bits per heavy atom. The van der Waals surface area contributed by atoms with Gasteiger partial charge < -0.3 is 15.3 Å². The molecule has 0 radical (unpaired) electrons. The Bertz CT molecular complexity index is 769. The number of carboxylic acids is 1. The van der Waals surface area contributed by atoms with Crippen molar-refractivity contribution >= 4 is 22.6 Å². The maximum atomic E-state index is 11.7. The highest BCUT2D eigenvalue weighted by molar-refractivity contribution is 6.04. The lowest BCUT2D eigenvalue weighted by Gasteiger charge is -2.40. The fraction of sp³-hybridized carbons (Fsp3) is 0.500. The molecule has 1 aliphatic heterocycles. The van der Waals surface area contributed by atoms with Crippen LogP contribution in [0, 0.1) is 5.92 Å². The quantitative estimate of drug-likeness (QED) is 0.829. The first-order valence-electron chi connectivity index (χ1n) is 9.25. The molecule has 1 aromatic heterocycles. The van der Waals surface area contributed by atoms with Crippen LogP contribution in [0.25, 0.3) is 10.9 Å². The third kappa shape index (κ3) is 3.97. The molecule has 6 heteroatoms. The number of carboxylic acid groups (broad SMARTS) is 1. The van der Waals surface area contributed by atoms with Crippen LogP contribution in [-0.2, 0) is 0 Å². The molecule has 1 atom stereocenters. The summed E-state index contributed by atoms with van der Waals surface area (Å²) in [4.78, 5) is 20.8. The highest BCUT2D eigenvalue weighted by Crippen LogP contribution is 2.26. The Balaban J connectivity index is 1.85. The van der Waals surface area contributed by atoms with Crippen molar-refractivity contribution in [3.05, 3.63) is 36.0 Å². The molecule has 1 saturated heterocycles. The zero-order valence-electron chi connectivity index (χ0n) is 15.8. The van der Waals surface area contributed by atoms with Gasteiger partial charge in [-0.15, -0.1) is 0 Å². The van der Waals surface area contributed by atoms with E-state index in [0.29, 0.717) is 17.6 Å². The summed E-state index contributed by atoms with van der Waals surface area (Å²) in [5, 5.41) is 13.9. The van der Waals surface area contributed by atoms with Crippen LogP contribution in [0.2, 0.25) is 0 Å². The molecule has 6 nitrogen and oxygen atoms in total. The molecule has 0 spiro atoms. The number of pyridine rings is 1. The number of anilines is 1. The first-order chi connectivity index (χ1) is 12.5.